The van der Waals surface area contributed by atoms with E-state index in [2.05, 4.69) is 30.5 Å². The summed E-state index contributed by atoms with van der Waals surface area (Å²) in [5, 5.41) is 30.7. The highest BCUT2D eigenvalue weighted by Crippen LogP contribution is 2.40. The van der Waals surface area contributed by atoms with Gasteiger partial charge >= 0.3 is 5.97 Å². The zero-order valence-corrected chi connectivity index (χ0v) is 17.1. The van der Waals surface area contributed by atoms with Gasteiger partial charge in [-0.1, -0.05) is 50.5 Å². The van der Waals surface area contributed by atoms with Crippen LogP contribution in [-0.4, -0.2) is 40.7 Å². The molecule has 0 bridgehead atoms. The van der Waals surface area contributed by atoms with Crippen molar-refractivity contribution in [3.05, 3.63) is 24.3 Å². The average Bonchev–Trinajstić information content (AvgIpc) is 2.99. The number of hydrogen-bond acceptors (Lipinski definition) is 4. The molecule has 3 atom stereocenters. The van der Waals surface area contributed by atoms with Gasteiger partial charge in [0, 0.05) is 6.42 Å². The highest BCUT2D eigenvalue weighted by Gasteiger charge is 2.33. The molecule has 1 rings (SSSR count). The molecule has 1 saturated carbocycles. The van der Waals surface area contributed by atoms with Crippen molar-refractivity contribution in [2.75, 3.05) is 13.6 Å². The summed E-state index contributed by atoms with van der Waals surface area (Å²) in [7, 11) is 2.01. The van der Waals surface area contributed by atoms with Gasteiger partial charge in [-0.2, -0.15) is 0 Å². The van der Waals surface area contributed by atoms with Gasteiger partial charge in [0.25, 0.3) is 5.79 Å². The average molecular weight is 382 g/mol. The first kappa shape index (κ1) is 23.9. The van der Waals surface area contributed by atoms with E-state index in [1.54, 1.807) is 0 Å². The van der Waals surface area contributed by atoms with E-state index in [0.29, 0.717) is 24.2 Å². The van der Waals surface area contributed by atoms with Gasteiger partial charge in [0.1, 0.15) is 0 Å². The largest absolute Gasteiger partial charge is 0.477 e. The molecule has 5 nitrogen and oxygen atoms in total. The lowest BCUT2D eigenvalue weighted by molar-refractivity contribution is -0.205. The van der Waals surface area contributed by atoms with Gasteiger partial charge in [-0.25, -0.2) is 4.79 Å². The van der Waals surface area contributed by atoms with Gasteiger partial charge in [-0.3, -0.25) is 0 Å². The van der Waals surface area contributed by atoms with Gasteiger partial charge in [0.15, 0.2) is 0 Å². The van der Waals surface area contributed by atoms with Crippen molar-refractivity contribution >= 4 is 5.97 Å². The molecule has 0 unspecified atom stereocenters. The van der Waals surface area contributed by atoms with Crippen molar-refractivity contribution in [1.29, 1.82) is 0 Å². The number of hydrogen-bond donors (Lipinski definition) is 4. The molecule has 0 aromatic rings. The maximum Gasteiger partial charge on any atom is 0.364 e. The standard InChI is InChI=1S/C22H39NO4/c1-3-4-5-6-7-10-13-20-18(14-15-19(20)17-23-2)12-9-8-11-16-22(26,27)21(24)25/h8-10,13,18-20,23,26-27H,3-7,11-12,14-17H2,1-2H3,(H,24,25)/b9-8-,13-10+/t18-,19-,20+/m0/s1. The van der Waals surface area contributed by atoms with Crippen LogP contribution in [0, 0.1) is 17.8 Å². The molecule has 156 valence electrons. The van der Waals surface area contributed by atoms with Crippen molar-refractivity contribution < 1.29 is 20.1 Å². The first-order valence-corrected chi connectivity index (χ1v) is 10.6. The van der Waals surface area contributed by atoms with E-state index in [0.717, 1.165) is 19.4 Å². The third kappa shape index (κ3) is 9.04. The predicted octanol–water partition coefficient (Wildman–Crippen LogP) is 3.87. The molecule has 5 heteroatoms. The van der Waals surface area contributed by atoms with Crippen LogP contribution < -0.4 is 5.32 Å². The number of carboxylic acids is 1. The summed E-state index contributed by atoms with van der Waals surface area (Å²) >= 11 is 0. The van der Waals surface area contributed by atoms with Crippen molar-refractivity contribution in [3.63, 3.8) is 0 Å². The van der Waals surface area contributed by atoms with Crippen LogP contribution in [0.4, 0.5) is 0 Å². The molecule has 0 heterocycles. The summed E-state index contributed by atoms with van der Waals surface area (Å²) in [4.78, 5) is 10.7. The first-order chi connectivity index (χ1) is 12.9. The van der Waals surface area contributed by atoms with E-state index in [-0.39, 0.29) is 6.42 Å². The van der Waals surface area contributed by atoms with Gasteiger partial charge in [0.05, 0.1) is 0 Å². The van der Waals surface area contributed by atoms with E-state index in [1.807, 2.05) is 13.1 Å². The van der Waals surface area contributed by atoms with Crippen molar-refractivity contribution in [1.82, 2.24) is 5.32 Å². The Hall–Kier alpha value is -1.17. The Labute approximate surface area is 164 Å². The van der Waals surface area contributed by atoms with E-state index < -0.39 is 11.8 Å². The monoisotopic (exact) mass is 381 g/mol. The third-order valence-electron chi connectivity index (χ3n) is 5.65. The summed E-state index contributed by atoms with van der Waals surface area (Å²) in [5.74, 6) is -2.35. The Bertz CT molecular complexity index is 473. The van der Waals surface area contributed by atoms with Crippen LogP contribution in [0.1, 0.15) is 71.1 Å². The maximum atomic E-state index is 10.7. The lowest BCUT2D eigenvalue weighted by atomic mass is 9.86. The van der Waals surface area contributed by atoms with Crippen LogP contribution in [0.25, 0.3) is 0 Å². The molecule has 1 aliphatic carbocycles. The van der Waals surface area contributed by atoms with Crippen molar-refractivity contribution in [2.24, 2.45) is 17.8 Å². The molecule has 1 fully saturated rings. The fraction of sp³-hybridized carbons (Fsp3) is 0.773. The summed E-state index contributed by atoms with van der Waals surface area (Å²) in [5.41, 5.74) is 0. The molecule has 1 aliphatic rings. The number of nitrogens with one attached hydrogen (secondary N) is 1. The lowest BCUT2D eigenvalue weighted by Gasteiger charge is -2.21. The Morgan fingerprint density at radius 1 is 1.07 bits per heavy atom. The maximum absolute atomic E-state index is 10.7. The van der Waals surface area contributed by atoms with Gasteiger partial charge < -0.3 is 20.6 Å². The number of carboxylic acid groups (broad SMARTS) is 1. The Balaban J connectivity index is 2.47. The fourth-order valence-corrected chi connectivity index (χ4v) is 4.01. The highest BCUT2D eigenvalue weighted by atomic mass is 16.5. The van der Waals surface area contributed by atoms with Gasteiger partial charge in [0.2, 0.25) is 0 Å². The van der Waals surface area contributed by atoms with Gasteiger partial charge in [-0.05, 0) is 69.9 Å². The molecule has 0 aliphatic heterocycles. The summed E-state index contributed by atoms with van der Waals surface area (Å²) in [6.45, 7) is 3.28. The highest BCUT2D eigenvalue weighted by molar-refractivity contribution is 5.74. The zero-order valence-electron chi connectivity index (χ0n) is 17.1. The second-order valence-electron chi connectivity index (χ2n) is 7.88. The molecule has 27 heavy (non-hydrogen) atoms. The Morgan fingerprint density at radius 3 is 2.48 bits per heavy atom. The minimum atomic E-state index is -2.63. The Morgan fingerprint density at radius 2 is 1.81 bits per heavy atom. The van der Waals surface area contributed by atoms with E-state index in [4.69, 9.17) is 5.11 Å². The molecule has 0 amide bonds. The van der Waals surface area contributed by atoms with Crippen molar-refractivity contribution in [2.45, 2.75) is 76.9 Å². The number of rotatable bonds is 14. The number of aliphatic carboxylic acids is 1. The molecule has 0 aromatic heterocycles. The Kier molecular flexibility index (Phi) is 11.6. The number of allylic oxidation sites excluding steroid dienone is 4. The molecule has 0 radical (unpaired) electrons. The number of carbonyl (C=O) groups is 1. The molecule has 0 aromatic carbocycles. The SMILES string of the molecule is CCCCCC/C=C/[C@@H]1[C@@H](C/C=C\CCC(O)(O)C(=O)O)CC[C@H]1CNC. The van der Waals surface area contributed by atoms with Crippen LogP contribution >= 0.6 is 0 Å². The van der Waals surface area contributed by atoms with Crippen LogP contribution in [0.2, 0.25) is 0 Å². The quantitative estimate of drug-likeness (QED) is 0.208. The molecular weight excluding hydrogens is 342 g/mol. The van der Waals surface area contributed by atoms with E-state index in [1.165, 1.54) is 38.5 Å². The smallest absolute Gasteiger partial charge is 0.364 e. The lowest BCUT2D eigenvalue weighted by Crippen LogP contribution is -2.37. The topological polar surface area (TPSA) is 89.8 Å². The molecule has 0 spiro atoms. The van der Waals surface area contributed by atoms with Crippen molar-refractivity contribution in [3.8, 4) is 0 Å². The van der Waals surface area contributed by atoms with E-state index in [9.17, 15) is 15.0 Å². The van der Waals surface area contributed by atoms with Crippen LogP contribution in [0.3, 0.4) is 0 Å². The van der Waals surface area contributed by atoms with Gasteiger partial charge in [-0.15, -0.1) is 0 Å². The number of aliphatic hydroxyl groups is 2. The summed E-state index contributed by atoms with van der Waals surface area (Å²) in [6, 6.07) is 0. The molecule has 4 N–H and O–H groups in total. The second-order valence-corrected chi connectivity index (χ2v) is 7.88. The molecule has 0 saturated heterocycles. The van der Waals surface area contributed by atoms with E-state index >= 15 is 0 Å². The minimum absolute atomic E-state index is 0.188. The number of unbranched alkanes of at least 4 members (excludes halogenated alkanes) is 4. The van der Waals surface area contributed by atoms with Crippen LogP contribution in [0.15, 0.2) is 24.3 Å². The van der Waals surface area contributed by atoms with Crippen LogP contribution in [0.5, 0.6) is 0 Å². The van der Waals surface area contributed by atoms with Crippen LogP contribution in [-0.2, 0) is 4.79 Å². The predicted molar refractivity (Wildman–Crippen MR) is 109 cm³/mol. The second kappa shape index (κ2) is 13.1. The first-order valence-electron chi connectivity index (χ1n) is 10.6. The summed E-state index contributed by atoms with van der Waals surface area (Å²) in [6.07, 6.45) is 18.6. The normalized spacial score (nSPS) is 23.6. The summed E-state index contributed by atoms with van der Waals surface area (Å²) < 4.78 is 0. The molecular formula is C22H39NO4. The fourth-order valence-electron chi connectivity index (χ4n) is 4.01. The third-order valence-corrected chi connectivity index (χ3v) is 5.65. The zero-order chi connectivity index (χ0) is 20.1. The minimum Gasteiger partial charge on any atom is -0.477 e.